The average Bonchev–Trinajstić information content (AvgIpc) is 3.19. The minimum Gasteiger partial charge on any atom is -0.493 e. The molecule has 6 nitrogen and oxygen atoms in total. The molecular weight excluding hydrogens is 448 g/mol. The molecule has 0 aliphatic heterocycles. The molecule has 0 saturated carbocycles. The largest absolute Gasteiger partial charge is 0.493 e. The van der Waals surface area contributed by atoms with Crippen LogP contribution in [0.15, 0.2) is 58.7 Å². The summed E-state index contributed by atoms with van der Waals surface area (Å²) in [7, 11) is 0. The SMILES string of the molecule is Cc1ccc(-c2csc3nc(/C(Cl)=C/c4cccc(OCCC(=O)O)c4)[nH]c(=O)c23)cc1. The van der Waals surface area contributed by atoms with E-state index in [1.807, 2.05) is 42.6 Å². The third-order valence-corrected chi connectivity index (χ3v) is 5.93. The van der Waals surface area contributed by atoms with Gasteiger partial charge in [-0.05, 0) is 36.3 Å². The van der Waals surface area contributed by atoms with E-state index in [4.69, 9.17) is 21.4 Å². The number of carboxylic acids is 1. The number of nitrogens with zero attached hydrogens (tertiary/aromatic N) is 1. The van der Waals surface area contributed by atoms with Crippen LogP contribution in [0.2, 0.25) is 0 Å². The fraction of sp³-hybridized carbons (Fsp3) is 0.125. The molecule has 0 unspecified atom stereocenters. The summed E-state index contributed by atoms with van der Waals surface area (Å²) in [5, 5.41) is 11.5. The van der Waals surface area contributed by atoms with Gasteiger partial charge < -0.3 is 14.8 Å². The molecule has 2 aromatic heterocycles. The van der Waals surface area contributed by atoms with E-state index in [1.54, 1.807) is 24.3 Å². The van der Waals surface area contributed by atoms with Crippen molar-refractivity contribution in [3.63, 3.8) is 0 Å². The number of carboxylic acid groups (broad SMARTS) is 1. The van der Waals surface area contributed by atoms with Crippen molar-refractivity contribution in [2.75, 3.05) is 6.61 Å². The molecule has 8 heteroatoms. The molecule has 0 aliphatic carbocycles. The lowest BCUT2D eigenvalue weighted by molar-refractivity contribution is -0.137. The third-order valence-electron chi connectivity index (χ3n) is 4.77. The van der Waals surface area contributed by atoms with Gasteiger partial charge in [0.15, 0.2) is 5.82 Å². The highest BCUT2D eigenvalue weighted by Gasteiger charge is 2.14. The number of rotatable bonds is 7. The third kappa shape index (κ3) is 4.90. The lowest BCUT2D eigenvalue weighted by Gasteiger charge is -2.06. The fourth-order valence-corrected chi connectivity index (χ4v) is 4.34. The fourth-order valence-electron chi connectivity index (χ4n) is 3.17. The van der Waals surface area contributed by atoms with Gasteiger partial charge in [-0.1, -0.05) is 53.6 Å². The average molecular weight is 467 g/mol. The summed E-state index contributed by atoms with van der Waals surface area (Å²) in [4.78, 5) is 31.4. The van der Waals surface area contributed by atoms with Crippen molar-refractivity contribution in [1.82, 2.24) is 9.97 Å². The first-order valence-electron chi connectivity index (χ1n) is 9.81. The second-order valence-electron chi connectivity index (χ2n) is 7.17. The first-order chi connectivity index (χ1) is 15.4. The van der Waals surface area contributed by atoms with Crippen molar-refractivity contribution in [3.05, 3.63) is 81.2 Å². The number of nitrogens with one attached hydrogen (secondary N) is 1. The number of aromatic amines is 1. The lowest BCUT2D eigenvalue weighted by atomic mass is 10.1. The molecule has 2 heterocycles. The van der Waals surface area contributed by atoms with Gasteiger partial charge in [-0.3, -0.25) is 9.59 Å². The van der Waals surface area contributed by atoms with Crippen LogP contribution in [0, 0.1) is 6.92 Å². The Morgan fingerprint density at radius 3 is 2.78 bits per heavy atom. The van der Waals surface area contributed by atoms with Gasteiger partial charge in [0.2, 0.25) is 0 Å². The van der Waals surface area contributed by atoms with Gasteiger partial charge in [-0.25, -0.2) is 4.98 Å². The molecular formula is C24H19ClN2O4S. The topological polar surface area (TPSA) is 92.3 Å². The summed E-state index contributed by atoms with van der Waals surface area (Å²) < 4.78 is 5.45. The molecule has 2 aromatic carbocycles. The maximum atomic E-state index is 12.9. The van der Waals surface area contributed by atoms with Gasteiger partial charge in [0.05, 0.1) is 23.4 Å². The molecule has 0 radical (unpaired) electrons. The highest BCUT2D eigenvalue weighted by molar-refractivity contribution is 7.17. The van der Waals surface area contributed by atoms with Crippen molar-refractivity contribution in [2.45, 2.75) is 13.3 Å². The Hall–Kier alpha value is -3.42. The molecule has 4 rings (SSSR count). The zero-order valence-electron chi connectivity index (χ0n) is 17.1. The summed E-state index contributed by atoms with van der Waals surface area (Å²) in [5.74, 6) is -0.116. The number of H-pyrrole nitrogens is 1. The Balaban J connectivity index is 1.62. The smallest absolute Gasteiger partial charge is 0.306 e. The first-order valence-corrected chi connectivity index (χ1v) is 11.1. The minimum absolute atomic E-state index is 0.0729. The molecule has 162 valence electrons. The summed E-state index contributed by atoms with van der Waals surface area (Å²) in [5.41, 5.74) is 3.44. The maximum absolute atomic E-state index is 12.9. The van der Waals surface area contributed by atoms with Crippen LogP contribution in [-0.4, -0.2) is 27.7 Å². The van der Waals surface area contributed by atoms with Crippen molar-refractivity contribution >= 4 is 50.2 Å². The van der Waals surface area contributed by atoms with E-state index in [0.717, 1.165) is 22.3 Å². The number of aromatic nitrogens is 2. The van der Waals surface area contributed by atoms with Crippen molar-refractivity contribution in [1.29, 1.82) is 0 Å². The Morgan fingerprint density at radius 2 is 2.03 bits per heavy atom. The molecule has 0 amide bonds. The molecule has 0 bridgehead atoms. The zero-order valence-corrected chi connectivity index (χ0v) is 18.7. The molecule has 4 aromatic rings. The first kappa shape index (κ1) is 21.8. The zero-order chi connectivity index (χ0) is 22.7. The predicted octanol–water partition coefficient (Wildman–Crippen LogP) is 5.55. The summed E-state index contributed by atoms with van der Waals surface area (Å²) in [6.07, 6.45) is 1.58. The molecule has 32 heavy (non-hydrogen) atoms. The number of carbonyl (C=O) groups is 1. The Morgan fingerprint density at radius 1 is 1.25 bits per heavy atom. The number of aliphatic carboxylic acids is 1. The quantitative estimate of drug-likeness (QED) is 0.372. The van der Waals surface area contributed by atoms with Crippen LogP contribution >= 0.6 is 22.9 Å². The van der Waals surface area contributed by atoms with E-state index in [-0.39, 0.29) is 29.4 Å². The Labute approximate surface area is 192 Å². The van der Waals surface area contributed by atoms with Crippen LogP contribution < -0.4 is 10.3 Å². The number of ether oxygens (including phenoxy) is 1. The summed E-state index contributed by atoms with van der Waals surface area (Å²) >= 11 is 7.86. The van der Waals surface area contributed by atoms with Gasteiger partial charge >= 0.3 is 5.97 Å². The molecule has 0 aliphatic rings. The van der Waals surface area contributed by atoms with E-state index < -0.39 is 5.97 Å². The molecule has 0 saturated heterocycles. The highest BCUT2D eigenvalue weighted by atomic mass is 35.5. The number of aryl methyl sites for hydroxylation is 1. The number of hydrogen-bond acceptors (Lipinski definition) is 5. The minimum atomic E-state index is -0.923. The van der Waals surface area contributed by atoms with Crippen molar-refractivity contribution < 1.29 is 14.6 Å². The normalized spacial score (nSPS) is 11.6. The van der Waals surface area contributed by atoms with Gasteiger partial charge in [0.1, 0.15) is 10.6 Å². The second kappa shape index (κ2) is 9.38. The molecule has 0 spiro atoms. The van der Waals surface area contributed by atoms with Crippen LogP contribution in [0.3, 0.4) is 0 Å². The second-order valence-corrected chi connectivity index (χ2v) is 8.43. The summed E-state index contributed by atoms with van der Waals surface area (Å²) in [6, 6.07) is 15.1. The van der Waals surface area contributed by atoms with E-state index >= 15 is 0 Å². The lowest BCUT2D eigenvalue weighted by Crippen LogP contribution is -2.10. The predicted molar refractivity (Wildman–Crippen MR) is 128 cm³/mol. The van der Waals surface area contributed by atoms with Crippen molar-refractivity contribution in [2.24, 2.45) is 0 Å². The van der Waals surface area contributed by atoms with Gasteiger partial charge in [0.25, 0.3) is 5.56 Å². The number of halogens is 1. The van der Waals surface area contributed by atoms with Crippen LogP contribution in [0.4, 0.5) is 0 Å². The van der Waals surface area contributed by atoms with Crippen LogP contribution in [0.5, 0.6) is 5.75 Å². The Bertz CT molecular complexity index is 1370. The van der Waals surface area contributed by atoms with Crippen LogP contribution in [0.1, 0.15) is 23.4 Å². The van der Waals surface area contributed by atoms with E-state index in [2.05, 4.69) is 9.97 Å². The van der Waals surface area contributed by atoms with E-state index in [0.29, 0.717) is 16.0 Å². The van der Waals surface area contributed by atoms with Gasteiger partial charge in [0, 0.05) is 10.9 Å². The maximum Gasteiger partial charge on any atom is 0.306 e. The number of benzene rings is 2. The monoisotopic (exact) mass is 466 g/mol. The van der Waals surface area contributed by atoms with Gasteiger partial charge in [-0.2, -0.15) is 0 Å². The van der Waals surface area contributed by atoms with Gasteiger partial charge in [-0.15, -0.1) is 11.3 Å². The van der Waals surface area contributed by atoms with E-state index in [1.165, 1.54) is 11.3 Å². The molecule has 2 N–H and O–H groups in total. The van der Waals surface area contributed by atoms with Crippen LogP contribution in [0.25, 0.3) is 32.5 Å². The number of thiophene rings is 1. The standard InChI is InChI=1S/C24H19ClN2O4S/c1-14-5-7-16(8-6-14)18-13-32-24-21(18)23(30)26-22(27-24)19(25)12-15-3-2-4-17(11-15)31-10-9-20(28)29/h2-8,11-13H,9-10H2,1H3,(H,28,29)(H,26,27,30)/b19-12-. The summed E-state index contributed by atoms with van der Waals surface area (Å²) in [6.45, 7) is 2.09. The molecule has 0 atom stereocenters. The Kier molecular flexibility index (Phi) is 6.39. The van der Waals surface area contributed by atoms with E-state index in [9.17, 15) is 9.59 Å². The highest BCUT2D eigenvalue weighted by Crippen LogP contribution is 2.32. The van der Waals surface area contributed by atoms with Crippen LogP contribution in [-0.2, 0) is 4.79 Å². The van der Waals surface area contributed by atoms with Crippen molar-refractivity contribution in [3.8, 4) is 16.9 Å². The number of fused-ring (bicyclic) bond motifs is 1. The molecule has 0 fully saturated rings. The number of hydrogen-bond donors (Lipinski definition) is 2.